The van der Waals surface area contributed by atoms with Crippen LogP contribution in [0.25, 0.3) is 0 Å². The Hall–Kier alpha value is -0.896. The molecule has 0 amide bonds. The molecule has 7 heteroatoms. The number of carboxylic acid groups (broad SMARTS) is 1. The molecule has 1 heterocycles. The summed E-state index contributed by atoms with van der Waals surface area (Å²) in [4.78, 5) is 13.1. The second-order valence-corrected chi connectivity index (χ2v) is 25.4. The van der Waals surface area contributed by atoms with Crippen LogP contribution in [-0.4, -0.2) is 46.0 Å². The summed E-state index contributed by atoms with van der Waals surface area (Å²) in [5.41, 5.74) is 1.81. The van der Waals surface area contributed by atoms with Crippen LogP contribution in [0.5, 0.6) is 0 Å². The molecule has 2 unspecified atom stereocenters. The predicted molar refractivity (Wildman–Crippen MR) is 171 cm³/mol. The van der Waals surface area contributed by atoms with Crippen LogP contribution in [-0.2, 0) is 18.4 Å². The summed E-state index contributed by atoms with van der Waals surface area (Å²) < 4.78 is 20.8. The number of aliphatic carboxylic acids is 1. The second kappa shape index (κ2) is 12.4. The van der Waals surface area contributed by atoms with Gasteiger partial charge in [0.2, 0.25) is 8.32 Å². The van der Waals surface area contributed by atoms with Crippen LogP contribution < -0.4 is 0 Å². The normalized spacial score (nSPS) is 28.0. The second-order valence-electron chi connectivity index (χ2n) is 16.0. The lowest BCUT2D eigenvalue weighted by Crippen LogP contribution is -2.49. The van der Waals surface area contributed by atoms with Crippen molar-refractivity contribution in [3.05, 3.63) is 23.5 Å². The first-order chi connectivity index (χ1) is 18.3. The fourth-order valence-electron chi connectivity index (χ4n) is 6.18. The van der Waals surface area contributed by atoms with Crippen LogP contribution in [0, 0.1) is 17.8 Å². The van der Waals surface area contributed by atoms with Gasteiger partial charge in [-0.1, -0.05) is 86.3 Å². The van der Waals surface area contributed by atoms with Crippen molar-refractivity contribution in [3.8, 4) is 0 Å². The average molecular weight is 593 g/mol. The highest BCUT2D eigenvalue weighted by Gasteiger charge is 2.55. The van der Waals surface area contributed by atoms with Crippen LogP contribution in [0.4, 0.5) is 0 Å². The van der Waals surface area contributed by atoms with E-state index in [1.165, 1.54) is 24.8 Å². The van der Waals surface area contributed by atoms with Crippen molar-refractivity contribution in [3.63, 3.8) is 0 Å². The Labute approximate surface area is 247 Å². The van der Waals surface area contributed by atoms with E-state index in [0.29, 0.717) is 23.2 Å². The molecule has 230 valence electrons. The van der Waals surface area contributed by atoms with Crippen LogP contribution >= 0.6 is 0 Å². The van der Waals surface area contributed by atoms with Crippen LogP contribution in [0.1, 0.15) is 106 Å². The standard InChI is InChI=1S/C33H60O5Si2/c1-13-16-23-20-19-22(2)25(23)21-26-28(36-26)30(38-40(11,12)33(6,7)8)29(37-39(9,10)32(3,4)5)27(31(34)35)24-17-14-15-18-24/h23-26,28,30H,2,13-21H2,1,3-12H3,(H,34,35)/t23-,25-,26+,28?,30?/m0/s1. The smallest absolute Gasteiger partial charge is 0.335 e. The van der Waals surface area contributed by atoms with Crippen molar-refractivity contribution in [1.29, 1.82) is 0 Å². The van der Waals surface area contributed by atoms with Crippen molar-refractivity contribution < 1.29 is 23.5 Å². The maximum atomic E-state index is 13.1. The molecule has 3 aliphatic rings. The minimum absolute atomic E-state index is 0.00327. The van der Waals surface area contributed by atoms with Crippen LogP contribution in [0.2, 0.25) is 36.3 Å². The third kappa shape index (κ3) is 7.54. The zero-order valence-electron chi connectivity index (χ0n) is 27.6. The van der Waals surface area contributed by atoms with Gasteiger partial charge in [0.25, 0.3) is 0 Å². The van der Waals surface area contributed by atoms with Crippen molar-refractivity contribution in [2.45, 2.75) is 161 Å². The van der Waals surface area contributed by atoms with E-state index in [4.69, 9.17) is 13.6 Å². The molecular formula is C33H60O5Si2. The molecule has 5 atom stereocenters. The van der Waals surface area contributed by atoms with Gasteiger partial charge in [0.15, 0.2) is 8.32 Å². The molecule has 0 aromatic rings. The topological polar surface area (TPSA) is 68.3 Å². The number of allylic oxidation sites excluding steroid dienone is 1. The minimum Gasteiger partial charge on any atom is -0.544 e. The lowest BCUT2D eigenvalue weighted by atomic mass is 9.85. The maximum absolute atomic E-state index is 13.1. The molecule has 1 saturated heterocycles. The van der Waals surface area contributed by atoms with E-state index < -0.39 is 28.7 Å². The average Bonchev–Trinajstić information content (AvgIpc) is 3.18. The van der Waals surface area contributed by atoms with Crippen LogP contribution in [0.15, 0.2) is 23.5 Å². The number of ether oxygens (including phenoxy) is 1. The molecule has 1 N–H and O–H groups in total. The van der Waals surface area contributed by atoms with Gasteiger partial charge < -0.3 is 18.7 Å². The lowest BCUT2D eigenvalue weighted by molar-refractivity contribution is -0.133. The first kappa shape index (κ1) is 33.6. The molecule has 0 spiro atoms. The molecular weight excluding hydrogens is 533 g/mol. The number of carbonyl (C=O) groups is 1. The van der Waals surface area contributed by atoms with Crippen molar-refractivity contribution >= 4 is 22.6 Å². The fraction of sp³-hybridized carbons (Fsp3) is 0.848. The molecule has 0 radical (unpaired) electrons. The Balaban J connectivity index is 2.08. The first-order valence-corrected chi connectivity index (χ1v) is 21.8. The number of rotatable bonds is 12. The highest BCUT2D eigenvalue weighted by atomic mass is 28.4. The monoisotopic (exact) mass is 592 g/mol. The SMILES string of the molecule is C=C1CC[C@H](CCC)[C@H]1C[C@H]1OC1C(O[Si](C)(C)C(C)(C)C)C(O[Si](C)(C)C(C)(C)C)=C(C(=O)O)C1CCCC1. The number of epoxide rings is 1. The van der Waals surface area contributed by atoms with Gasteiger partial charge in [0, 0.05) is 0 Å². The third-order valence-electron chi connectivity index (χ3n) is 10.9. The number of hydrogen-bond acceptors (Lipinski definition) is 4. The largest absolute Gasteiger partial charge is 0.544 e. The van der Waals surface area contributed by atoms with Crippen LogP contribution in [0.3, 0.4) is 0 Å². The van der Waals surface area contributed by atoms with Gasteiger partial charge in [-0.3, -0.25) is 0 Å². The zero-order valence-corrected chi connectivity index (χ0v) is 29.6. The van der Waals surface area contributed by atoms with Crippen molar-refractivity contribution in [2.75, 3.05) is 0 Å². The van der Waals surface area contributed by atoms with E-state index in [1.54, 1.807) is 0 Å². The van der Waals surface area contributed by atoms with E-state index in [1.807, 2.05) is 0 Å². The summed E-state index contributed by atoms with van der Waals surface area (Å²) in [5.74, 6) is 0.885. The van der Waals surface area contributed by atoms with E-state index in [-0.39, 0.29) is 28.2 Å². The Morgan fingerprint density at radius 1 is 1.02 bits per heavy atom. The first-order valence-electron chi connectivity index (χ1n) is 16.0. The number of hydrogen-bond donors (Lipinski definition) is 1. The fourth-order valence-corrected chi connectivity index (χ4v) is 8.49. The third-order valence-corrected chi connectivity index (χ3v) is 19.7. The Morgan fingerprint density at radius 2 is 1.60 bits per heavy atom. The Bertz CT molecular complexity index is 949. The molecule has 2 aliphatic carbocycles. The molecule has 1 aliphatic heterocycles. The van der Waals surface area contributed by atoms with E-state index >= 15 is 0 Å². The van der Waals surface area contributed by atoms with Crippen molar-refractivity contribution in [2.24, 2.45) is 17.8 Å². The highest BCUT2D eigenvalue weighted by Crippen LogP contribution is 2.50. The Kier molecular flexibility index (Phi) is 10.4. The molecule has 2 saturated carbocycles. The summed E-state index contributed by atoms with van der Waals surface area (Å²) in [6.45, 7) is 29.0. The van der Waals surface area contributed by atoms with Gasteiger partial charge in [-0.25, -0.2) is 4.79 Å². The van der Waals surface area contributed by atoms with E-state index in [0.717, 1.165) is 38.5 Å². The molecule has 40 heavy (non-hydrogen) atoms. The van der Waals surface area contributed by atoms with Crippen molar-refractivity contribution in [1.82, 2.24) is 0 Å². The maximum Gasteiger partial charge on any atom is 0.335 e. The zero-order chi connectivity index (χ0) is 30.3. The molecule has 0 aromatic carbocycles. The summed E-state index contributed by atoms with van der Waals surface area (Å²) in [5, 5.41) is 10.6. The van der Waals surface area contributed by atoms with Gasteiger partial charge in [-0.15, -0.1) is 0 Å². The van der Waals surface area contributed by atoms with Gasteiger partial charge in [-0.2, -0.15) is 0 Å². The molecule has 5 nitrogen and oxygen atoms in total. The summed E-state index contributed by atoms with van der Waals surface area (Å²) in [6.07, 6.45) is 9.00. The molecule has 3 fully saturated rings. The molecule has 3 rings (SSSR count). The van der Waals surface area contributed by atoms with Gasteiger partial charge >= 0.3 is 5.97 Å². The van der Waals surface area contributed by atoms with Gasteiger partial charge in [-0.05, 0) is 86.1 Å². The molecule has 0 bridgehead atoms. The summed E-state index contributed by atoms with van der Waals surface area (Å²) in [6, 6.07) is 0. The van der Waals surface area contributed by atoms with E-state index in [2.05, 4.69) is 81.2 Å². The lowest BCUT2D eigenvalue weighted by Gasteiger charge is -2.43. The predicted octanol–water partition coefficient (Wildman–Crippen LogP) is 9.47. The number of carboxylic acids is 1. The highest BCUT2D eigenvalue weighted by molar-refractivity contribution is 6.75. The minimum atomic E-state index is -2.38. The summed E-state index contributed by atoms with van der Waals surface area (Å²) >= 11 is 0. The Morgan fingerprint density at radius 3 is 2.10 bits per heavy atom. The quantitative estimate of drug-likeness (QED) is 0.0803. The van der Waals surface area contributed by atoms with Gasteiger partial charge in [0.05, 0.1) is 11.7 Å². The summed E-state index contributed by atoms with van der Waals surface area (Å²) in [7, 11) is -4.67. The molecule has 0 aromatic heterocycles. The van der Waals surface area contributed by atoms with E-state index in [9.17, 15) is 9.90 Å². The van der Waals surface area contributed by atoms with Gasteiger partial charge in [0.1, 0.15) is 18.0 Å².